The molecule has 2 aliphatic carbocycles. The molecule has 22 heavy (non-hydrogen) atoms. The molecule has 1 spiro atoms. The fourth-order valence-corrected chi connectivity index (χ4v) is 4.47. The van der Waals surface area contributed by atoms with E-state index in [-0.39, 0.29) is 29.5 Å². The van der Waals surface area contributed by atoms with E-state index in [2.05, 4.69) is 5.32 Å². The summed E-state index contributed by atoms with van der Waals surface area (Å²) in [6, 6.07) is 0.328. The van der Waals surface area contributed by atoms with Crippen molar-refractivity contribution in [3.05, 3.63) is 0 Å². The van der Waals surface area contributed by atoms with Crippen molar-refractivity contribution in [2.75, 3.05) is 19.7 Å². The number of ether oxygens (including phenoxy) is 1. The van der Waals surface area contributed by atoms with Gasteiger partial charge in [0, 0.05) is 37.1 Å². The van der Waals surface area contributed by atoms with E-state index in [0.717, 1.165) is 32.4 Å². The molecule has 2 N–H and O–H groups in total. The number of likely N-dealkylation sites (tertiary alicyclic amines) is 1. The molecular formula is C17H30N2O3. The summed E-state index contributed by atoms with van der Waals surface area (Å²) in [7, 11) is 0. The number of aliphatic hydroxyl groups is 1. The minimum atomic E-state index is -0.334. The van der Waals surface area contributed by atoms with E-state index in [1.807, 2.05) is 18.7 Å². The van der Waals surface area contributed by atoms with Crippen LogP contribution in [-0.2, 0) is 4.74 Å². The third-order valence-corrected chi connectivity index (χ3v) is 6.16. The van der Waals surface area contributed by atoms with E-state index < -0.39 is 0 Å². The summed E-state index contributed by atoms with van der Waals surface area (Å²) in [6.45, 7) is 6.12. The first-order valence-corrected chi connectivity index (χ1v) is 8.92. The maximum Gasteiger partial charge on any atom is 0.317 e. The normalized spacial score (nSPS) is 34.7. The van der Waals surface area contributed by atoms with E-state index in [4.69, 9.17) is 4.74 Å². The molecule has 0 aromatic rings. The third-order valence-electron chi connectivity index (χ3n) is 6.16. The molecule has 3 fully saturated rings. The lowest BCUT2D eigenvalue weighted by Crippen LogP contribution is -2.68. The molecule has 5 nitrogen and oxygen atoms in total. The van der Waals surface area contributed by atoms with E-state index >= 15 is 0 Å². The van der Waals surface area contributed by atoms with Gasteiger partial charge >= 0.3 is 6.03 Å². The fraction of sp³-hybridized carbons (Fsp3) is 0.941. The number of hydrogen-bond acceptors (Lipinski definition) is 3. The third kappa shape index (κ3) is 2.73. The molecule has 1 heterocycles. The van der Waals surface area contributed by atoms with Gasteiger partial charge in [-0.2, -0.15) is 0 Å². The average Bonchev–Trinajstić information content (AvgIpc) is 2.44. The predicted molar refractivity (Wildman–Crippen MR) is 84.6 cm³/mol. The van der Waals surface area contributed by atoms with Crippen LogP contribution < -0.4 is 5.32 Å². The zero-order valence-corrected chi connectivity index (χ0v) is 13.9. The zero-order valence-electron chi connectivity index (χ0n) is 13.9. The highest BCUT2D eigenvalue weighted by molar-refractivity contribution is 5.75. The average molecular weight is 310 g/mol. The number of aliphatic hydroxyl groups excluding tert-OH is 1. The minimum Gasteiger partial charge on any atom is -0.393 e. The number of rotatable bonds is 4. The summed E-state index contributed by atoms with van der Waals surface area (Å²) < 4.78 is 5.84. The lowest BCUT2D eigenvalue weighted by Gasteiger charge is -2.61. The first-order valence-electron chi connectivity index (χ1n) is 8.92. The fourth-order valence-electron chi connectivity index (χ4n) is 4.47. The minimum absolute atomic E-state index is 0.0524. The highest BCUT2D eigenvalue weighted by atomic mass is 16.5. The number of hydrogen-bond donors (Lipinski definition) is 2. The van der Waals surface area contributed by atoms with Crippen molar-refractivity contribution in [2.45, 2.75) is 70.6 Å². The van der Waals surface area contributed by atoms with Gasteiger partial charge in [-0.1, -0.05) is 6.42 Å². The number of nitrogens with one attached hydrogen (secondary N) is 1. The highest BCUT2D eigenvalue weighted by Gasteiger charge is 2.59. The summed E-state index contributed by atoms with van der Waals surface area (Å²) in [5.41, 5.74) is 0.213. The van der Waals surface area contributed by atoms with E-state index in [1.165, 1.54) is 19.3 Å². The van der Waals surface area contributed by atoms with E-state index in [9.17, 15) is 9.90 Å². The van der Waals surface area contributed by atoms with E-state index in [0.29, 0.717) is 12.6 Å². The molecule has 5 heteroatoms. The molecule has 0 aromatic heterocycles. The Balaban J connectivity index is 1.54. The van der Waals surface area contributed by atoms with Crippen LogP contribution in [0.1, 0.15) is 52.4 Å². The van der Waals surface area contributed by atoms with Crippen LogP contribution >= 0.6 is 0 Å². The van der Waals surface area contributed by atoms with Crippen molar-refractivity contribution in [1.29, 1.82) is 0 Å². The lowest BCUT2D eigenvalue weighted by atomic mass is 9.51. The Labute approximate surface area is 133 Å². The standard InChI is InChI=1S/C17H30N2O3/c1-3-22-15-10-14(17(15)7-5-8-17)18-16(21)19-9-4-6-13(11-19)12(2)20/h12-15,20H,3-11H2,1-2H3,(H,18,21). The lowest BCUT2D eigenvalue weighted by molar-refractivity contribution is -0.170. The Hall–Kier alpha value is -0.810. The molecule has 4 unspecified atom stereocenters. The molecule has 4 atom stereocenters. The topological polar surface area (TPSA) is 61.8 Å². The Morgan fingerprint density at radius 2 is 2.23 bits per heavy atom. The van der Waals surface area contributed by atoms with Crippen molar-refractivity contribution < 1.29 is 14.6 Å². The van der Waals surface area contributed by atoms with Gasteiger partial charge in [0.25, 0.3) is 0 Å². The number of nitrogens with zero attached hydrogens (tertiary/aromatic N) is 1. The Morgan fingerprint density at radius 3 is 2.82 bits per heavy atom. The summed E-state index contributed by atoms with van der Waals surface area (Å²) in [6.07, 6.45) is 6.57. The maximum absolute atomic E-state index is 12.6. The van der Waals surface area contributed by atoms with Crippen LogP contribution in [0.2, 0.25) is 0 Å². The van der Waals surface area contributed by atoms with Crippen molar-refractivity contribution >= 4 is 6.03 Å². The maximum atomic E-state index is 12.6. The van der Waals surface area contributed by atoms with Crippen LogP contribution in [0.5, 0.6) is 0 Å². The molecule has 3 aliphatic rings. The Morgan fingerprint density at radius 1 is 1.45 bits per heavy atom. The zero-order chi connectivity index (χ0) is 15.7. The number of piperidine rings is 1. The molecule has 1 aliphatic heterocycles. The molecule has 3 rings (SSSR count). The van der Waals surface area contributed by atoms with Crippen LogP contribution in [0.15, 0.2) is 0 Å². The summed E-state index contributed by atoms with van der Waals surface area (Å²) in [4.78, 5) is 14.4. The van der Waals surface area contributed by atoms with Crippen LogP contribution in [0.25, 0.3) is 0 Å². The number of carbonyl (C=O) groups is 1. The van der Waals surface area contributed by atoms with Gasteiger partial charge in [0.15, 0.2) is 0 Å². The quantitative estimate of drug-likeness (QED) is 0.836. The number of urea groups is 1. The smallest absolute Gasteiger partial charge is 0.317 e. The summed E-state index contributed by atoms with van der Waals surface area (Å²) in [5, 5.41) is 13.0. The Kier molecular flexibility index (Phi) is 4.64. The molecule has 0 aromatic carbocycles. The highest BCUT2D eigenvalue weighted by Crippen LogP contribution is 2.57. The van der Waals surface area contributed by atoms with Gasteiger partial charge in [-0.15, -0.1) is 0 Å². The number of carbonyl (C=O) groups excluding carboxylic acids is 1. The second kappa shape index (κ2) is 6.36. The molecule has 2 amide bonds. The SMILES string of the molecule is CCOC1CC(NC(=O)N2CCCC(C(C)O)C2)C12CCC2. The second-order valence-electron chi connectivity index (χ2n) is 7.36. The second-order valence-corrected chi connectivity index (χ2v) is 7.36. The predicted octanol–water partition coefficient (Wildman–Crippen LogP) is 2.14. The van der Waals surface area contributed by atoms with Crippen molar-refractivity contribution in [2.24, 2.45) is 11.3 Å². The largest absolute Gasteiger partial charge is 0.393 e. The molecule has 126 valence electrons. The monoisotopic (exact) mass is 310 g/mol. The molecule has 1 saturated heterocycles. The number of amides is 2. The van der Waals surface area contributed by atoms with Crippen molar-refractivity contribution in [3.63, 3.8) is 0 Å². The van der Waals surface area contributed by atoms with Gasteiger partial charge < -0.3 is 20.1 Å². The molecular weight excluding hydrogens is 280 g/mol. The van der Waals surface area contributed by atoms with Crippen molar-refractivity contribution in [1.82, 2.24) is 10.2 Å². The van der Waals surface area contributed by atoms with Crippen LogP contribution in [-0.4, -0.2) is 54.0 Å². The van der Waals surface area contributed by atoms with E-state index in [1.54, 1.807) is 0 Å². The molecule has 0 bridgehead atoms. The van der Waals surface area contributed by atoms with Gasteiger partial charge in [-0.05, 0) is 46.0 Å². The first kappa shape index (κ1) is 16.1. The summed E-state index contributed by atoms with van der Waals surface area (Å²) in [5.74, 6) is 0.217. The van der Waals surface area contributed by atoms with Crippen LogP contribution in [0.4, 0.5) is 4.79 Å². The van der Waals surface area contributed by atoms with Crippen LogP contribution in [0, 0.1) is 11.3 Å². The van der Waals surface area contributed by atoms with Gasteiger partial charge in [-0.3, -0.25) is 0 Å². The van der Waals surface area contributed by atoms with Gasteiger partial charge in [0.05, 0.1) is 12.2 Å². The van der Waals surface area contributed by atoms with Gasteiger partial charge in [0.2, 0.25) is 0 Å². The van der Waals surface area contributed by atoms with Crippen molar-refractivity contribution in [3.8, 4) is 0 Å². The molecule has 2 saturated carbocycles. The van der Waals surface area contributed by atoms with Gasteiger partial charge in [0.1, 0.15) is 0 Å². The molecule has 0 radical (unpaired) electrons. The first-order chi connectivity index (χ1) is 10.6. The summed E-state index contributed by atoms with van der Waals surface area (Å²) >= 11 is 0. The van der Waals surface area contributed by atoms with Crippen LogP contribution in [0.3, 0.4) is 0 Å². The Bertz CT molecular complexity index is 409. The van der Waals surface area contributed by atoms with Gasteiger partial charge in [-0.25, -0.2) is 4.79 Å².